The third-order valence-corrected chi connectivity index (χ3v) is 6.32. The molecule has 29 heavy (non-hydrogen) atoms. The molecule has 2 N–H and O–H groups in total. The van der Waals surface area contributed by atoms with Gasteiger partial charge in [-0.15, -0.1) is 11.3 Å². The zero-order chi connectivity index (χ0) is 21.0. The molecule has 3 rings (SSSR count). The average Bonchev–Trinajstić information content (AvgIpc) is 2.85. The molecule has 5 nitrogen and oxygen atoms in total. The van der Waals surface area contributed by atoms with Gasteiger partial charge in [-0.3, -0.25) is 9.59 Å². The van der Waals surface area contributed by atoms with Gasteiger partial charge in [0.25, 0.3) is 5.91 Å². The highest BCUT2D eigenvalue weighted by Crippen LogP contribution is 2.37. The van der Waals surface area contributed by atoms with Crippen LogP contribution in [0.4, 0.5) is 9.39 Å². The Kier molecular flexibility index (Phi) is 6.65. The number of aryl methyl sites for hydroxylation is 1. The number of hydrogen-bond donors (Lipinski definition) is 2. The molecule has 0 radical (unpaired) electrons. The molecular formula is C22H24FN3O2S. The predicted molar refractivity (Wildman–Crippen MR) is 111 cm³/mol. The van der Waals surface area contributed by atoms with Crippen LogP contribution in [0.15, 0.2) is 24.3 Å². The second-order valence-electron chi connectivity index (χ2n) is 7.57. The molecule has 1 heterocycles. The monoisotopic (exact) mass is 413 g/mol. The minimum Gasteiger partial charge on any atom is -0.340 e. The molecule has 0 saturated carbocycles. The number of benzene rings is 1. The Labute approximate surface area is 173 Å². The fourth-order valence-corrected chi connectivity index (χ4v) is 4.74. The van der Waals surface area contributed by atoms with E-state index in [2.05, 4.69) is 16.7 Å². The van der Waals surface area contributed by atoms with Crippen molar-refractivity contribution in [3.63, 3.8) is 0 Å². The van der Waals surface area contributed by atoms with Crippen LogP contribution < -0.4 is 10.6 Å². The third-order valence-electron chi connectivity index (χ3n) is 5.11. The molecule has 1 aromatic heterocycles. The maximum absolute atomic E-state index is 13.1. The van der Waals surface area contributed by atoms with E-state index in [0.717, 1.165) is 37.7 Å². The molecule has 7 heteroatoms. The number of anilines is 1. The Morgan fingerprint density at radius 2 is 1.83 bits per heavy atom. The lowest BCUT2D eigenvalue weighted by atomic mass is 10.0. The van der Waals surface area contributed by atoms with Crippen LogP contribution in [0.1, 0.15) is 59.5 Å². The van der Waals surface area contributed by atoms with Gasteiger partial charge in [0, 0.05) is 10.4 Å². The number of halogens is 1. The van der Waals surface area contributed by atoms with E-state index >= 15 is 0 Å². The van der Waals surface area contributed by atoms with Gasteiger partial charge in [-0.2, -0.15) is 5.26 Å². The summed E-state index contributed by atoms with van der Waals surface area (Å²) in [4.78, 5) is 26.6. The summed E-state index contributed by atoms with van der Waals surface area (Å²) in [6, 6.07) is 6.64. The van der Waals surface area contributed by atoms with Gasteiger partial charge in [-0.05, 0) is 61.4 Å². The van der Waals surface area contributed by atoms with Gasteiger partial charge in [-0.25, -0.2) is 4.39 Å². The number of nitrogens with one attached hydrogen (secondary N) is 2. The molecule has 0 bridgehead atoms. The van der Waals surface area contributed by atoms with Gasteiger partial charge in [0.15, 0.2) is 0 Å². The molecule has 0 aliphatic heterocycles. The zero-order valence-electron chi connectivity index (χ0n) is 16.5. The highest BCUT2D eigenvalue weighted by molar-refractivity contribution is 7.16. The standard InChI is InChI=1S/C22H24FN3O2S/c1-13(2)19(25-20(27)14-8-10-15(23)11-9-14)21(28)26-22-17(12-24)16-6-4-3-5-7-18(16)29-22/h8-11,13,19H,3-7H2,1-2H3,(H,25,27)(H,26,28)/t19-/m0/s1. The van der Waals surface area contributed by atoms with Gasteiger partial charge in [0.05, 0.1) is 5.56 Å². The van der Waals surface area contributed by atoms with Crippen molar-refractivity contribution in [2.24, 2.45) is 5.92 Å². The summed E-state index contributed by atoms with van der Waals surface area (Å²) in [6.45, 7) is 3.67. The predicted octanol–water partition coefficient (Wildman–Crippen LogP) is 4.42. The van der Waals surface area contributed by atoms with Crippen LogP contribution in [0.25, 0.3) is 0 Å². The maximum Gasteiger partial charge on any atom is 0.251 e. The molecule has 152 valence electrons. The number of carbonyl (C=O) groups excluding carboxylic acids is 2. The van der Waals surface area contributed by atoms with E-state index in [1.54, 1.807) is 0 Å². The first-order valence-corrected chi connectivity index (χ1v) is 10.6. The van der Waals surface area contributed by atoms with Crippen LogP contribution >= 0.6 is 11.3 Å². The highest BCUT2D eigenvalue weighted by atomic mass is 32.1. The fraction of sp³-hybridized carbons (Fsp3) is 0.409. The summed E-state index contributed by atoms with van der Waals surface area (Å²) in [5, 5.41) is 15.8. The quantitative estimate of drug-likeness (QED) is 0.712. The number of nitriles is 1. The Bertz CT molecular complexity index is 944. The van der Waals surface area contributed by atoms with Crippen molar-refractivity contribution >= 4 is 28.2 Å². The van der Waals surface area contributed by atoms with Crippen molar-refractivity contribution in [1.29, 1.82) is 5.26 Å². The molecule has 1 aliphatic carbocycles. The van der Waals surface area contributed by atoms with Crippen LogP contribution in [0.3, 0.4) is 0 Å². The zero-order valence-corrected chi connectivity index (χ0v) is 17.4. The van der Waals surface area contributed by atoms with Gasteiger partial charge in [-0.1, -0.05) is 20.3 Å². The summed E-state index contributed by atoms with van der Waals surface area (Å²) < 4.78 is 13.1. The normalized spacial score (nSPS) is 14.4. The Morgan fingerprint density at radius 1 is 1.14 bits per heavy atom. The van der Waals surface area contributed by atoms with Crippen molar-refractivity contribution in [2.45, 2.75) is 52.0 Å². The van der Waals surface area contributed by atoms with Gasteiger partial charge >= 0.3 is 0 Å². The maximum atomic E-state index is 13.1. The van der Waals surface area contributed by atoms with Crippen molar-refractivity contribution in [3.8, 4) is 6.07 Å². The van der Waals surface area contributed by atoms with E-state index in [9.17, 15) is 19.2 Å². The molecular weight excluding hydrogens is 389 g/mol. The number of carbonyl (C=O) groups is 2. The molecule has 0 fully saturated rings. The lowest BCUT2D eigenvalue weighted by Gasteiger charge is -2.21. The largest absolute Gasteiger partial charge is 0.340 e. The van der Waals surface area contributed by atoms with Crippen LogP contribution in [-0.2, 0) is 17.6 Å². The van der Waals surface area contributed by atoms with Crippen LogP contribution in [0.2, 0.25) is 0 Å². The summed E-state index contributed by atoms with van der Waals surface area (Å²) in [5.74, 6) is -1.39. The van der Waals surface area contributed by atoms with Crippen molar-refractivity contribution in [2.75, 3.05) is 5.32 Å². The molecule has 0 spiro atoms. The second-order valence-corrected chi connectivity index (χ2v) is 8.68. The topological polar surface area (TPSA) is 82.0 Å². The van der Waals surface area contributed by atoms with Crippen LogP contribution in [-0.4, -0.2) is 17.9 Å². The number of nitrogens with zero attached hydrogens (tertiary/aromatic N) is 1. The molecule has 1 aliphatic rings. The Morgan fingerprint density at radius 3 is 2.48 bits per heavy atom. The van der Waals surface area contributed by atoms with E-state index in [4.69, 9.17) is 0 Å². The Balaban J connectivity index is 1.77. The number of rotatable bonds is 5. The minimum absolute atomic E-state index is 0.164. The van der Waals surface area contributed by atoms with E-state index in [1.807, 2.05) is 13.8 Å². The van der Waals surface area contributed by atoms with Gasteiger partial charge < -0.3 is 10.6 Å². The molecule has 2 aromatic rings. The lowest BCUT2D eigenvalue weighted by Crippen LogP contribution is -2.47. The van der Waals surface area contributed by atoms with Crippen molar-refractivity contribution in [1.82, 2.24) is 5.32 Å². The Hall–Kier alpha value is -2.72. The van der Waals surface area contributed by atoms with Crippen molar-refractivity contribution < 1.29 is 14.0 Å². The van der Waals surface area contributed by atoms with Gasteiger partial charge in [0.1, 0.15) is 22.9 Å². The van der Waals surface area contributed by atoms with E-state index in [-0.39, 0.29) is 17.4 Å². The molecule has 1 atom stereocenters. The number of thiophene rings is 1. The summed E-state index contributed by atoms with van der Waals surface area (Å²) in [7, 11) is 0. The summed E-state index contributed by atoms with van der Waals surface area (Å²) in [5.41, 5.74) is 1.89. The molecule has 2 amide bonds. The van der Waals surface area contributed by atoms with E-state index < -0.39 is 17.8 Å². The smallest absolute Gasteiger partial charge is 0.251 e. The van der Waals surface area contributed by atoms with E-state index in [0.29, 0.717) is 10.6 Å². The number of fused-ring (bicyclic) bond motifs is 1. The van der Waals surface area contributed by atoms with Gasteiger partial charge in [0.2, 0.25) is 5.91 Å². The molecule has 1 aromatic carbocycles. The fourth-order valence-electron chi connectivity index (χ4n) is 3.50. The number of hydrogen-bond acceptors (Lipinski definition) is 4. The summed E-state index contributed by atoms with van der Waals surface area (Å²) >= 11 is 1.47. The molecule has 0 saturated heterocycles. The SMILES string of the molecule is CC(C)[C@H](NC(=O)c1ccc(F)cc1)C(=O)Nc1sc2c(c1C#N)CCCCC2. The number of amides is 2. The van der Waals surface area contributed by atoms with Crippen LogP contribution in [0, 0.1) is 23.1 Å². The highest BCUT2D eigenvalue weighted by Gasteiger charge is 2.27. The second kappa shape index (κ2) is 9.19. The average molecular weight is 414 g/mol. The minimum atomic E-state index is -0.777. The first kappa shape index (κ1) is 21.0. The van der Waals surface area contributed by atoms with Crippen molar-refractivity contribution in [3.05, 3.63) is 51.7 Å². The first-order valence-electron chi connectivity index (χ1n) is 9.82. The third kappa shape index (κ3) is 4.83. The van der Waals surface area contributed by atoms with Crippen LogP contribution in [0.5, 0.6) is 0 Å². The van der Waals surface area contributed by atoms with E-state index in [1.165, 1.54) is 40.5 Å². The summed E-state index contributed by atoms with van der Waals surface area (Å²) in [6.07, 6.45) is 5.08. The molecule has 0 unspecified atom stereocenters. The lowest BCUT2D eigenvalue weighted by molar-refractivity contribution is -0.118. The first-order chi connectivity index (χ1) is 13.9.